The number of aliphatic carboxylic acids is 1. The number of nitrogens with two attached hydrogens (primary N) is 6. The van der Waals surface area contributed by atoms with E-state index in [4.69, 9.17) is 39.8 Å². The van der Waals surface area contributed by atoms with Gasteiger partial charge in [-0.25, -0.2) is 9.79 Å². The Bertz CT molecular complexity index is 2090. The van der Waals surface area contributed by atoms with Crippen LogP contribution in [0.25, 0.3) is 0 Å². The molecule has 0 radical (unpaired) electrons. The lowest BCUT2D eigenvalue weighted by Crippen LogP contribution is -2.60. The Hall–Kier alpha value is -6.98. The highest BCUT2D eigenvalue weighted by molar-refractivity contribution is 6.40. The Labute approximate surface area is 423 Å². The van der Waals surface area contributed by atoms with Gasteiger partial charge >= 0.3 is 5.97 Å². The van der Waals surface area contributed by atoms with Gasteiger partial charge in [-0.1, -0.05) is 12.5 Å². The molecule has 2 rings (SSSR count). The number of amides is 8. The molecule has 1 aromatic rings. The van der Waals surface area contributed by atoms with Crippen LogP contribution in [0.5, 0.6) is 0 Å². The Morgan fingerprint density at radius 1 is 0.836 bits per heavy atom. The maximum absolute atomic E-state index is 14.1. The summed E-state index contributed by atoms with van der Waals surface area (Å²) in [7, 11) is 0. The normalized spacial score (nSPS) is 16.1. The van der Waals surface area contributed by atoms with E-state index in [9.17, 15) is 53.4 Å². The van der Waals surface area contributed by atoms with E-state index in [1.807, 2.05) is 0 Å². The number of hydrogen-bond donors (Lipinski definition) is 16. The highest BCUT2D eigenvalue weighted by Crippen LogP contribution is 2.20. The molecule has 28 nitrogen and oxygen atoms in total. The van der Waals surface area contributed by atoms with Gasteiger partial charge in [0.1, 0.15) is 41.6 Å². The van der Waals surface area contributed by atoms with Gasteiger partial charge in [-0.2, -0.15) is 0 Å². The monoisotopic (exact) mass is 1030 g/mol. The molecule has 7 atom stereocenters. The van der Waals surface area contributed by atoms with Crippen LogP contribution in [-0.4, -0.2) is 173 Å². The molecule has 1 aliphatic rings. The average Bonchev–Trinajstić information content (AvgIpc) is 3.86. The Balaban J connectivity index is 2.27. The molecule has 1 aromatic heterocycles. The second-order valence-electron chi connectivity index (χ2n) is 17.1. The second-order valence-corrected chi connectivity index (χ2v) is 17.1. The number of likely N-dealkylation sites (tertiary alicyclic amines) is 1. The van der Waals surface area contributed by atoms with Crippen LogP contribution in [0, 0.1) is 5.41 Å². The molecule has 28 heteroatoms. The van der Waals surface area contributed by atoms with Crippen molar-refractivity contribution in [3.05, 3.63) is 41.9 Å². The van der Waals surface area contributed by atoms with Crippen molar-refractivity contribution >= 4 is 64.9 Å². The molecule has 0 spiro atoms. The summed E-state index contributed by atoms with van der Waals surface area (Å²) >= 11 is 0. The average molecular weight is 1030 g/mol. The highest BCUT2D eigenvalue weighted by Gasteiger charge is 2.38. The smallest absolute Gasteiger partial charge is 0.352 e. The molecule has 1 aliphatic heterocycles. The van der Waals surface area contributed by atoms with Gasteiger partial charge in [-0.15, -0.1) is 0 Å². The minimum Gasteiger partial charge on any atom is -0.477 e. The van der Waals surface area contributed by atoms with Crippen LogP contribution in [0.4, 0.5) is 0 Å². The van der Waals surface area contributed by atoms with Gasteiger partial charge in [0.05, 0.1) is 18.7 Å². The molecule has 73 heavy (non-hydrogen) atoms. The molecule has 0 bridgehead atoms. The maximum atomic E-state index is 14.1. The fourth-order valence-corrected chi connectivity index (χ4v) is 7.28. The van der Waals surface area contributed by atoms with Crippen molar-refractivity contribution in [3.8, 4) is 0 Å². The third-order valence-electron chi connectivity index (χ3n) is 11.3. The molecule has 1 fully saturated rings. The highest BCUT2D eigenvalue weighted by atomic mass is 16.4. The molecule has 0 aliphatic carbocycles. The molecule has 0 unspecified atom stereocenters. The number of aromatic nitrogens is 1. The summed E-state index contributed by atoms with van der Waals surface area (Å²) in [6.45, 7) is 1.07. The lowest BCUT2D eigenvalue weighted by Gasteiger charge is -2.28. The lowest BCUT2D eigenvalue weighted by molar-refractivity contribution is -0.137. The van der Waals surface area contributed by atoms with Crippen molar-refractivity contribution in [2.24, 2.45) is 39.4 Å². The first-order valence-electron chi connectivity index (χ1n) is 24.1. The van der Waals surface area contributed by atoms with Gasteiger partial charge in [-0.3, -0.25) is 48.7 Å². The predicted molar refractivity (Wildman–Crippen MR) is 267 cm³/mol. The van der Waals surface area contributed by atoms with Gasteiger partial charge in [0.15, 0.2) is 5.96 Å². The molecule has 0 saturated carbocycles. The number of aliphatic imine (C=N–C) groups is 1. The van der Waals surface area contributed by atoms with E-state index < -0.39 is 114 Å². The third kappa shape index (κ3) is 22.5. The minimum absolute atomic E-state index is 0.0472. The van der Waals surface area contributed by atoms with Crippen molar-refractivity contribution in [2.45, 2.75) is 126 Å². The summed E-state index contributed by atoms with van der Waals surface area (Å²) in [5, 5.41) is 44.7. The van der Waals surface area contributed by atoms with Gasteiger partial charge in [-0.05, 0) is 108 Å². The first-order chi connectivity index (χ1) is 34.8. The van der Waals surface area contributed by atoms with Crippen LogP contribution in [0.15, 0.2) is 41.3 Å². The summed E-state index contributed by atoms with van der Waals surface area (Å²) in [4.78, 5) is 129. The Morgan fingerprint density at radius 3 is 2.11 bits per heavy atom. The number of aliphatic hydroxyl groups excluding tert-OH is 1. The van der Waals surface area contributed by atoms with E-state index in [-0.39, 0.29) is 82.8 Å². The van der Waals surface area contributed by atoms with Crippen LogP contribution in [0.2, 0.25) is 0 Å². The molecule has 2 heterocycles. The summed E-state index contributed by atoms with van der Waals surface area (Å²) in [6.07, 6.45) is 5.54. The molecule has 0 aromatic carbocycles. The number of unbranched alkanes of at least 4 members (excludes halogenated alkanes) is 2. The van der Waals surface area contributed by atoms with Crippen LogP contribution in [0.1, 0.15) is 83.1 Å². The van der Waals surface area contributed by atoms with Crippen LogP contribution in [-0.2, 0) is 49.6 Å². The second kappa shape index (κ2) is 33.6. The Morgan fingerprint density at radius 2 is 1.49 bits per heavy atom. The van der Waals surface area contributed by atoms with Gasteiger partial charge < -0.3 is 86.7 Å². The van der Waals surface area contributed by atoms with Crippen molar-refractivity contribution < 1.29 is 53.4 Å². The van der Waals surface area contributed by atoms with Crippen LogP contribution >= 0.6 is 0 Å². The number of carbonyl (C=O) groups excluding carboxylic acids is 8. The fraction of sp³-hybridized carbons (Fsp3) is 0.600. The number of carboxylic acid groups (broad SMARTS) is 1. The van der Waals surface area contributed by atoms with Crippen LogP contribution < -0.4 is 71.6 Å². The number of aliphatic hydroxyl groups is 1. The largest absolute Gasteiger partial charge is 0.477 e. The first-order valence-corrected chi connectivity index (χ1v) is 24.1. The third-order valence-corrected chi connectivity index (χ3v) is 11.3. The first kappa shape index (κ1) is 62.1. The van der Waals surface area contributed by atoms with Gasteiger partial charge in [0.25, 0.3) is 11.8 Å². The van der Waals surface area contributed by atoms with E-state index >= 15 is 0 Å². The number of rotatable bonds is 33. The number of nitrogens with one attached hydrogen (secondary N) is 8. The summed E-state index contributed by atoms with van der Waals surface area (Å²) in [6, 6.07) is -4.43. The predicted octanol–water partition coefficient (Wildman–Crippen LogP) is -5.74. The van der Waals surface area contributed by atoms with E-state index in [0.29, 0.717) is 44.2 Å². The quantitative estimate of drug-likeness (QED) is 0.0135. The zero-order chi connectivity index (χ0) is 54.5. The molecule has 22 N–H and O–H groups in total. The van der Waals surface area contributed by atoms with Crippen molar-refractivity contribution in [1.29, 1.82) is 5.41 Å². The van der Waals surface area contributed by atoms with E-state index in [1.54, 1.807) is 12.1 Å². The zero-order valence-corrected chi connectivity index (χ0v) is 41.2. The van der Waals surface area contributed by atoms with E-state index in [2.05, 4.69) is 47.2 Å². The molecule has 8 amide bonds. The summed E-state index contributed by atoms with van der Waals surface area (Å²) < 4.78 is 0. The number of pyridine rings is 1. The Kier molecular flexibility index (Phi) is 28.6. The summed E-state index contributed by atoms with van der Waals surface area (Å²) in [5.74, 6) is -8.48. The topological polar surface area (TPSA) is 487 Å². The molecular formula is C45H75N17O11. The number of hydrogen-bond acceptors (Lipinski definition) is 17. The van der Waals surface area contributed by atoms with Crippen molar-refractivity contribution in [3.63, 3.8) is 0 Å². The number of guanidine groups is 1. The number of carboxylic acids is 1. The van der Waals surface area contributed by atoms with Crippen molar-refractivity contribution in [2.75, 3.05) is 45.8 Å². The van der Waals surface area contributed by atoms with E-state index in [1.165, 1.54) is 30.3 Å². The molecular weight excluding hydrogens is 955 g/mol. The molecule has 1 saturated heterocycles. The molecule has 406 valence electrons. The van der Waals surface area contributed by atoms with Crippen LogP contribution in [0.3, 0.4) is 0 Å². The van der Waals surface area contributed by atoms with E-state index in [0.717, 1.165) is 0 Å². The van der Waals surface area contributed by atoms with Gasteiger partial charge in [0, 0.05) is 38.4 Å². The summed E-state index contributed by atoms with van der Waals surface area (Å²) in [5.41, 5.74) is 33.5. The number of carbonyl (C=O) groups is 9. The fourth-order valence-electron chi connectivity index (χ4n) is 7.28. The SMILES string of the molecule is C[C@H](NC(=O)[C@@H](NC(=O)[C@@H](N)CCCCN)[C@@H](O)CN)C(=O)NCC(=O)/N=C(\CCCN)C(=O)N1CCC[C@H]1C(=O)N[C@@H](Cc1ccncc1)C(=O)N[C@@H](CCCCN)C(=O)N/C(=C\CCNC(=N)N)C(=O)O. The maximum Gasteiger partial charge on any atom is 0.352 e. The standard InChI is InChI=1S/C45H75N17O11/c1-26(56-42(70)36(34(63)24-49)61-38(66)28(50)9-2-4-16-46)37(65)55-25-35(64)57-30(11-6-18-48)43(71)62-22-8-13-33(62)41(69)60-32(23-27-14-20-53-21-15-27)40(68)58-29(10-3-5-17-47)39(67)59-31(44(72)73)12-7-19-54-45(51)52/h12,14-15,20-21,26,28-29,32-34,36,63H,2-11,13,16-19,22-25,46-50H2,1H3,(H,55,65)(H,56,70)(H,58,68)(H,59,67)(H,60,69)(H,61,66)(H,72,73)(H4,51,52,54)/b31-12-,57-30+/t26-,28-,29-,32-,33-,34-,36-/m0/s1. The lowest BCUT2D eigenvalue weighted by atomic mass is 10.0. The zero-order valence-electron chi connectivity index (χ0n) is 41.2. The van der Waals surface area contributed by atoms with Gasteiger partial charge in [0.2, 0.25) is 35.4 Å². The minimum atomic E-state index is -1.57. The van der Waals surface area contributed by atoms with Crippen molar-refractivity contribution in [1.82, 2.24) is 47.1 Å². The number of nitrogens with zero attached hydrogens (tertiary/aromatic N) is 3.